The van der Waals surface area contributed by atoms with Crippen LogP contribution in [0, 0.1) is 12.7 Å². The second-order valence-corrected chi connectivity index (χ2v) is 8.11. The van der Waals surface area contributed by atoms with Crippen molar-refractivity contribution in [2.45, 2.75) is 13.0 Å². The van der Waals surface area contributed by atoms with Crippen LogP contribution in [0.25, 0.3) is 5.76 Å². The molecule has 162 valence electrons. The fourth-order valence-corrected chi connectivity index (χ4v) is 4.14. The van der Waals surface area contributed by atoms with Crippen LogP contribution in [0.5, 0.6) is 5.75 Å². The van der Waals surface area contributed by atoms with Crippen molar-refractivity contribution in [1.82, 2.24) is 10.2 Å². The van der Waals surface area contributed by atoms with Gasteiger partial charge in [-0.1, -0.05) is 36.1 Å². The fraction of sp³-hybridized carbons (Fsp3) is 0.130. The minimum Gasteiger partial charge on any atom is -0.507 e. The van der Waals surface area contributed by atoms with Gasteiger partial charge in [-0.2, -0.15) is 0 Å². The Bertz CT molecular complexity index is 1240. The molecule has 0 bridgehead atoms. The largest absolute Gasteiger partial charge is 0.507 e. The van der Waals surface area contributed by atoms with Gasteiger partial charge in [0.05, 0.1) is 11.6 Å². The minimum atomic E-state index is -0.973. The van der Waals surface area contributed by atoms with E-state index in [1.165, 1.54) is 17.0 Å². The minimum absolute atomic E-state index is 0.129. The maximum atomic E-state index is 13.4. The maximum Gasteiger partial charge on any atom is 0.301 e. The first kappa shape index (κ1) is 21.4. The molecule has 7 nitrogen and oxygen atoms in total. The van der Waals surface area contributed by atoms with E-state index in [2.05, 4.69) is 16.8 Å². The van der Waals surface area contributed by atoms with Gasteiger partial charge in [-0.15, -0.1) is 10.2 Å². The average Bonchev–Trinajstić information content (AvgIpc) is 3.33. The highest BCUT2D eigenvalue weighted by Gasteiger charge is 2.48. The molecule has 1 amide bonds. The summed E-state index contributed by atoms with van der Waals surface area (Å²) < 4.78 is 19.0. The van der Waals surface area contributed by atoms with Gasteiger partial charge in [0.2, 0.25) is 5.13 Å². The molecule has 1 N–H and O–H groups in total. The molecule has 0 spiro atoms. The van der Waals surface area contributed by atoms with Gasteiger partial charge in [-0.3, -0.25) is 14.5 Å². The lowest BCUT2D eigenvalue weighted by atomic mass is 9.95. The standard InChI is InChI=1S/C23H18FN3O4S/c1-3-11-31-17-6-4-5-15(12-17)19-18(20(28)14-7-9-16(24)10-8-14)21(29)22(30)27(19)23-26-25-13(2)32-23/h3-10,12,19,28H,1,11H2,2H3/b20-18+. The van der Waals surface area contributed by atoms with Crippen LogP contribution in [0.4, 0.5) is 9.52 Å². The molecular formula is C23H18FN3O4S. The molecule has 1 aliphatic rings. The molecular weight excluding hydrogens is 433 g/mol. The SMILES string of the molecule is C=CCOc1cccc(C2/C(=C(\O)c3ccc(F)cc3)C(=O)C(=O)N2c2nnc(C)s2)c1. The molecule has 9 heteroatoms. The molecule has 3 aromatic rings. The van der Waals surface area contributed by atoms with Crippen molar-refractivity contribution in [3.63, 3.8) is 0 Å². The van der Waals surface area contributed by atoms with Gasteiger partial charge >= 0.3 is 5.91 Å². The summed E-state index contributed by atoms with van der Waals surface area (Å²) in [5.41, 5.74) is 0.611. The lowest BCUT2D eigenvalue weighted by Gasteiger charge is -2.23. The molecule has 1 aliphatic heterocycles. The van der Waals surface area contributed by atoms with Gasteiger partial charge in [-0.05, 0) is 48.9 Å². The van der Waals surface area contributed by atoms with Crippen LogP contribution in [-0.4, -0.2) is 33.6 Å². The number of benzene rings is 2. The van der Waals surface area contributed by atoms with E-state index in [0.29, 0.717) is 16.3 Å². The predicted molar refractivity (Wildman–Crippen MR) is 118 cm³/mol. The average molecular weight is 451 g/mol. The van der Waals surface area contributed by atoms with Crippen molar-refractivity contribution in [2.75, 3.05) is 11.5 Å². The van der Waals surface area contributed by atoms with Gasteiger partial charge in [0.15, 0.2) is 0 Å². The second-order valence-electron chi connectivity index (χ2n) is 6.95. The molecule has 32 heavy (non-hydrogen) atoms. The van der Waals surface area contributed by atoms with Crippen molar-refractivity contribution >= 4 is 33.9 Å². The van der Waals surface area contributed by atoms with Crippen molar-refractivity contribution in [2.24, 2.45) is 0 Å². The summed E-state index contributed by atoms with van der Waals surface area (Å²) in [5.74, 6) is -2.11. The van der Waals surface area contributed by atoms with Crippen LogP contribution in [0.1, 0.15) is 22.2 Å². The number of ketones is 1. The highest BCUT2D eigenvalue weighted by molar-refractivity contribution is 7.15. The number of nitrogens with zero attached hydrogens (tertiary/aromatic N) is 3. The number of Topliss-reactive ketones (excluding diaryl/α,β-unsaturated/α-hetero) is 1. The number of hydrogen-bond acceptors (Lipinski definition) is 7. The lowest BCUT2D eigenvalue weighted by Crippen LogP contribution is -2.29. The van der Waals surface area contributed by atoms with E-state index in [1.54, 1.807) is 37.3 Å². The van der Waals surface area contributed by atoms with E-state index in [9.17, 15) is 19.1 Å². The molecule has 4 rings (SSSR count). The van der Waals surface area contributed by atoms with Crippen LogP contribution in [0.3, 0.4) is 0 Å². The van der Waals surface area contributed by atoms with Gasteiger partial charge in [0.1, 0.15) is 28.9 Å². The van der Waals surface area contributed by atoms with E-state index in [0.717, 1.165) is 23.5 Å². The smallest absolute Gasteiger partial charge is 0.301 e. The molecule has 1 fully saturated rings. The molecule has 0 radical (unpaired) electrons. The van der Waals surface area contributed by atoms with Crippen molar-refractivity contribution in [3.05, 3.63) is 88.7 Å². The zero-order valence-electron chi connectivity index (χ0n) is 17.0. The van der Waals surface area contributed by atoms with Gasteiger partial charge in [0.25, 0.3) is 5.78 Å². The highest BCUT2D eigenvalue weighted by atomic mass is 32.1. The summed E-state index contributed by atoms with van der Waals surface area (Å²) in [6.45, 7) is 5.62. The Morgan fingerprint density at radius 2 is 2.00 bits per heavy atom. The predicted octanol–water partition coefficient (Wildman–Crippen LogP) is 4.18. The Morgan fingerprint density at radius 1 is 1.25 bits per heavy atom. The van der Waals surface area contributed by atoms with E-state index in [1.807, 2.05) is 0 Å². The number of aromatic nitrogens is 2. The normalized spacial score (nSPS) is 17.6. The number of rotatable bonds is 6. The number of ether oxygens (including phenoxy) is 1. The van der Waals surface area contributed by atoms with Crippen molar-refractivity contribution < 1.29 is 23.8 Å². The summed E-state index contributed by atoms with van der Waals surface area (Å²) in [7, 11) is 0. The summed E-state index contributed by atoms with van der Waals surface area (Å²) >= 11 is 1.15. The van der Waals surface area contributed by atoms with E-state index >= 15 is 0 Å². The van der Waals surface area contributed by atoms with E-state index in [-0.39, 0.29) is 22.9 Å². The van der Waals surface area contributed by atoms with Crippen LogP contribution >= 0.6 is 11.3 Å². The third kappa shape index (κ3) is 3.90. The number of aryl methyl sites for hydroxylation is 1. The molecule has 1 unspecified atom stereocenters. The monoisotopic (exact) mass is 451 g/mol. The highest BCUT2D eigenvalue weighted by Crippen LogP contribution is 2.43. The lowest BCUT2D eigenvalue weighted by molar-refractivity contribution is -0.132. The molecule has 0 saturated carbocycles. The zero-order valence-corrected chi connectivity index (χ0v) is 17.8. The number of carbonyl (C=O) groups excluding carboxylic acids is 2. The van der Waals surface area contributed by atoms with Gasteiger partial charge < -0.3 is 9.84 Å². The summed E-state index contributed by atoms with van der Waals surface area (Å²) in [6, 6.07) is 10.9. The van der Waals surface area contributed by atoms with Gasteiger partial charge in [-0.25, -0.2) is 4.39 Å². The van der Waals surface area contributed by atoms with E-state index < -0.39 is 29.3 Å². The van der Waals surface area contributed by atoms with Crippen molar-refractivity contribution in [1.29, 1.82) is 0 Å². The Balaban J connectivity index is 1.90. The first-order valence-corrected chi connectivity index (χ1v) is 10.4. The molecule has 0 aliphatic carbocycles. The molecule has 1 atom stereocenters. The number of amides is 1. The first-order valence-electron chi connectivity index (χ1n) is 9.61. The number of anilines is 1. The van der Waals surface area contributed by atoms with Crippen molar-refractivity contribution in [3.8, 4) is 5.75 Å². The topological polar surface area (TPSA) is 92.6 Å². The summed E-state index contributed by atoms with van der Waals surface area (Å²) in [6.07, 6.45) is 1.59. The van der Waals surface area contributed by atoms with Gasteiger partial charge in [0, 0.05) is 5.56 Å². The molecule has 2 aromatic carbocycles. The Morgan fingerprint density at radius 3 is 2.66 bits per heavy atom. The summed E-state index contributed by atoms with van der Waals surface area (Å²) in [5, 5.41) is 19.8. The van der Waals surface area contributed by atoms with Crippen LogP contribution < -0.4 is 9.64 Å². The zero-order chi connectivity index (χ0) is 22.8. The number of aliphatic hydroxyl groups excluding tert-OH is 1. The van der Waals surface area contributed by atoms with Crippen LogP contribution in [0.15, 0.2) is 66.8 Å². The van der Waals surface area contributed by atoms with E-state index in [4.69, 9.17) is 4.74 Å². The second kappa shape index (κ2) is 8.72. The van der Waals surface area contributed by atoms with Crippen LogP contribution in [0.2, 0.25) is 0 Å². The number of halogens is 1. The maximum absolute atomic E-state index is 13.4. The third-order valence-electron chi connectivity index (χ3n) is 4.83. The number of hydrogen-bond donors (Lipinski definition) is 1. The number of carbonyl (C=O) groups is 2. The third-order valence-corrected chi connectivity index (χ3v) is 5.66. The first-order chi connectivity index (χ1) is 15.4. The summed E-state index contributed by atoms with van der Waals surface area (Å²) in [4.78, 5) is 27.3. The molecule has 1 aromatic heterocycles. The Hall–Kier alpha value is -3.85. The Kier molecular flexibility index (Phi) is 5.83. The fourth-order valence-electron chi connectivity index (χ4n) is 3.42. The quantitative estimate of drug-likeness (QED) is 0.262. The Labute approximate surface area is 187 Å². The van der Waals surface area contributed by atoms with Crippen LogP contribution in [-0.2, 0) is 9.59 Å². The molecule has 2 heterocycles. The molecule has 1 saturated heterocycles. The number of aliphatic hydroxyl groups is 1.